The molecule has 2 aliphatic carbocycles. The van der Waals surface area contributed by atoms with Crippen LogP contribution in [0.3, 0.4) is 0 Å². The lowest BCUT2D eigenvalue weighted by Crippen LogP contribution is -2.27. The molecule has 0 unspecified atom stereocenters. The van der Waals surface area contributed by atoms with Crippen LogP contribution in [-0.2, 0) is 0 Å². The van der Waals surface area contributed by atoms with E-state index in [1.807, 2.05) is 6.07 Å². The molecule has 2 fully saturated rings. The van der Waals surface area contributed by atoms with Gasteiger partial charge < -0.3 is 9.77 Å². The third kappa shape index (κ3) is 1.83. The molecule has 0 aliphatic heterocycles. The molecule has 0 amide bonds. The van der Waals surface area contributed by atoms with Crippen molar-refractivity contribution in [3.63, 3.8) is 0 Å². The van der Waals surface area contributed by atoms with Gasteiger partial charge in [-0.1, -0.05) is 35.5 Å². The predicted molar refractivity (Wildman–Crippen MR) is 86.2 cm³/mol. The Labute approximate surface area is 130 Å². The van der Waals surface area contributed by atoms with Crippen molar-refractivity contribution in [1.29, 1.82) is 0 Å². The summed E-state index contributed by atoms with van der Waals surface area (Å²) in [6, 6.07) is 10.6. The highest BCUT2D eigenvalue weighted by Gasteiger charge is 2.47. The van der Waals surface area contributed by atoms with E-state index in [9.17, 15) is 5.21 Å². The molecule has 2 aliphatic rings. The lowest BCUT2D eigenvalue weighted by molar-refractivity contribution is 0.307. The molecule has 0 radical (unpaired) electrons. The van der Waals surface area contributed by atoms with Gasteiger partial charge in [-0.25, -0.2) is 4.98 Å². The predicted octanol–water partition coefficient (Wildman–Crippen LogP) is 3.97. The maximum absolute atomic E-state index is 9.53. The van der Waals surface area contributed by atoms with E-state index >= 15 is 0 Å². The van der Waals surface area contributed by atoms with Gasteiger partial charge in [0.05, 0.1) is 23.1 Å². The second kappa shape index (κ2) is 4.97. The summed E-state index contributed by atoms with van der Waals surface area (Å²) in [4.78, 5) is 4.71. The zero-order valence-corrected chi connectivity index (χ0v) is 13.0. The number of hydrogen-bond acceptors (Lipinski definition) is 3. The van der Waals surface area contributed by atoms with Gasteiger partial charge in [0.25, 0.3) is 0 Å². The van der Waals surface area contributed by atoms with E-state index in [2.05, 4.69) is 47.8 Å². The summed E-state index contributed by atoms with van der Waals surface area (Å²) < 4.78 is 2.31. The number of fused-ring (bicyclic) bond motifs is 2. The molecule has 4 heteroatoms. The van der Waals surface area contributed by atoms with Gasteiger partial charge >= 0.3 is 0 Å². The zero-order valence-electron chi connectivity index (χ0n) is 13.0. The van der Waals surface area contributed by atoms with Crippen LogP contribution in [0.5, 0.6) is 0 Å². The second-order valence-electron chi connectivity index (χ2n) is 6.57. The van der Waals surface area contributed by atoms with Crippen molar-refractivity contribution in [3.05, 3.63) is 41.9 Å². The zero-order chi connectivity index (χ0) is 15.3. The van der Waals surface area contributed by atoms with Gasteiger partial charge in [0.2, 0.25) is 0 Å². The number of imidazole rings is 1. The maximum Gasteiger partial charge on any atom is 0.106 e. The monoisotopic (exact) mass is 295 g/mol. The number of hydrogen-bond donors (Lipinski definition) is 1. The van der Waals surface area contributed by atoms with Gasteiger partial charge in [-0.15, -0.1) is 0 Å². The standard InChI is InChI=1S/C18H21N3O/c1-11-17(13-6-4-3-5-7-13)21(12(2)19-11)18-15-9-8-14(10-15)16(18)20-22/h3-7,14-15,18,22H,8-10H2,1-2H3/b20-16-/t14-,15-,18+/m0/s1. The quantitative estimate of drug-likeness (QED) is 0.673. The van der Waals surface area contributed by atoms with Crippen molar-refractivity contribution in [2.75, 3.05) is 0 Å². The van der Waals surface area contributed by atoms with Gasteiger partial charge in [0, 0.05) is 11.5 Å². The van der Waals surface area contributed by atoms with Gasteiger partial charge in [-0.2, -0.15) is 0 Å². The van der Waals surface area contributed by atoms with E-state index in [1.165, 1.54) is 12.0 Å². The van der Waals surface area contributed by atoms with Crippen molar-refractivity contribution in [3.8, 4) is 11.3 Å². The van der Waals surface area contributed by atoms with Crippen LogP contribution in [0.25, 0.3) is 11.3 Å². The first kappa shape index (κ1) is 13.6. The summed E-state index contributed by atoms with van der Waals surface area (Å²) >= 11 is 0. The smallest absolute Gasteiger partial charge is 0.106 e. The van der Waals surface area contributed by atoms with Gasteiger partial charge in [-0.3, -0.25) is 0 Å². The highest BCUT2D eigenvalue weighted by molar-refractivity contribution is 5.93. The molecule has 4 nitrogen and oxygen atoms in total. The molecule has 114 valence electrons. The first-order chi connectivity index (χ1) is 10.7. The molecule has 2 bridgehead atoms. The van der Waals surface area contributed by atoms with E-state index in [4.69, 9.17) is 4.98 Å². The molecule has 2 saturated carbocycles. The summed E-state index contributed by atoms with van der Waals surface area (Å²) in [5.41, 5.74) is 4.34. The topological polar surface area (TPSA) is 50.4 Å². The fourth-order valence-electron chi connectivity index (χ4n) is 4.51. The molecule has 0 saturated heterocycles. The summed E-state index contributed by atoms with van der Waals surface area (Å²) in [6.07, 6.45) is 3.53. The Morgan fingerprint density at radius 2 is 1.95 bits per heavy atom. The third-order valence-electron chi connectivity index (χ3n) is 5.34. The van der Waals surface area contributed by atoms with Crippen LogP contribution in [0.15, 0.2) is 35.5 Å². The van der Waals surface area contributed by atoms with Crippen LogP contribution in [0.1, 0.15) is 36.8 Å². The van der Waals surface area contributed by atoms with E-state index < -0.39 is 0 Å². The lowest BCUT2D eigenvalue weighted by Gasteiger charge is -2.27. The number of aryl methyl sites for hydroxylation is 2. The Hall–Kier alpha value is -2.10. The highest BCUT2D eigenvalue weighted by atomic mass is 16.4. The van der Waals surface area contributed by atoms with Crippen LogP contribution in [0, 0.1) is 25.7 Å². The van der Waals surface area contributed by atoms with Crippen LogP contribution in [0.4, 0.5) is 0 Å². The van der Waals surface area contributed by atoms with Crippen molar-refractivity contribution >= 4 is 5.71 Å². The molecular weight excluding hydrogens is 274 g/mol. The number of benzene rings is 1. The van der Waals surface area contributed by atoms with E-state index in [-0.39, 0.29) is 6.04 Å². The van der Waals surface area contributed by atoms with Crippen LogP contribution >= 0.6 is 0 Å². The number of rotatable bonds is 2. The Morgan fingerprint density at radius 3 is 2.68 bits per heavy atom. The number of nitrogens with zero attached hydrogens (tertiary/aromatic N) is 3. The minimum absolute atomic E-state index is 0.167. The van der Waals surface area contributed by atoms with E-state index in [0.717, 1.165) is 35.8 Å². The summed E-state index contributed by atoms with van der Waals surface area (Å²) in [5, 5.41) is 13.2. The van der Waals surface area contributed by atoms with Gasteiger partial charge in [-0.05, 0) is 39.0 Å². The maximum atomic E-state index is 9.53. The van der Waals surface area contributed by atoms with Crippen molar-refractivity contribution in [1.82, 2.24) is 9.55 Å². The van der Waals surface area contributed by atoms with E-state index in [1.54, 1.807) is 0 Å². The van der Waals surface area contributed by atoms with Gasteiger partial charge in [0.1, 0.15) is 5.82 Å². The average molecular weight is 295 g/mol. The summed E-state index contributed by atoms with van der Waals surface area (Å²) in [6.45, 7) is 4.12. The molecule has 4 rings (SSSR count). The normalized spacial score (nSPS) is 28.6. The van der Waals surface area contributed by atoms with Crippen LogP contribution < -0.4 is 0 Å². The van der Waals surface area contributed by atoms with Crippen LogP contribution in [0.2, 0.25) is 0 Å². The molecular formula is C18H21N3O. The minimum atomic E-state index is 0.167. The molecule has 22 heavy (non-hydrogen) atoms. The Balaban J connectivity index is 1.89. The van der Waals surface area contributed by atoms with Gasteiger partial charge in [0.15, 0.2) is 0 Å². The first-order valence-corrected chi connectivity index (χ1v) is 8.03. The number of oxime groups is 1. The minimum Gasteiger partial charge on any atom is -0.411 e. The van der Waals surface area contributed by atoms with Crippen LogP contribution in [-0.4, -0.2) is 20.5 Å². The lowest BCUT2D eigenvalue weighted by atomic mass is 9.92. The van der Waals surface area contributed by atoms with E-state index in [0.29, 0.717) is 11.8 Å². The first-order valence-electron chi connectivity index (χ1n) is 8.03. The molecule has 2 aromatic rings. The summed E-state index contributed by atoms with van der Waals surface area (Å²) in [7, 11) is 0. The second-order valence-corrected chi connectivity index (χ2v) is 6.57. The highest BCUT2D eigenvalue weighted by Crippen LogP contribution is 2.50. The number of aromatic nitrogens is 2. The molecule has 1 N–H and O–H groups in total. The van der Waals surface area contributed by atoms with Crippen molar-refractivity contribution in [2.45, 2.75) is 39.2 Å². The largest absolute Gasteiger partial charge is 0.411 e. The Morgan fingerprint density at radius 1 is 1.18 bits per heavy atom. The Bertz CT molecular complexity index is 732. The molecule has 0 spiro atoms. The summed E-state index contributed by atoms with van der Waals surface area (Å²) in [5.74, 6) is 2.03. The van der Waals surface area contributed by atoms with Crippen molar-refractivity contribution < 1.29 is 5.21 Å². The molecule has 1 heterocycles. The molecule has 1 aromatic heterocycles. The molecule has 1 aromatic carbocycles. The third-order valence-corrected chi connectivity index (χ3v) is 5.34. The average Bonchev–Trinajstić information content (AvgIpc) is 3.20. The van der Waals surface area contributed by atoms with Crippen molar-refractivity contribution in [2.24, 2.45) is 17.0 Å². The Kier molecular flexibility index (Phi) is 3.06. The fourth-order valence-corrected chi connectivity index (χ4v) is 4.51. The molecule has 3 atom stereocenters. The fraction of sp³-hybridized carbons (Fsp3) is 0.444. The SMILES string of the molecule is Cc1nc(C)n([C@H]2/C(=N\O)[C@H]3CC[C@H]2C3)c1-c1ccccc1.